The summed E-state index contributed by atoms with van der Waals surface area (Å²) >= 11 is 0. The normalized spacial score (nSPS) is 12.0. The monoisotopic (exact) mass is 346 g/mol. The summed E-state index contributed by atoms with van der Waals surface area (Å²) in [5.41, 5.74) is 0.471. The molecule has 2 atom stereocenters. The number of hydrogen-bond acceptors (Lipinski definition) is 7. The van der Waals surface area contributed by atoms with E-state index in [1.807, 2.05) is 6.92 Å². The Bertz CT molecular complexity index is 394. The molecule has 140 valence electrons. The fourth-order valence-corrected chi connectivity index (χ4v) is 0.990. The van der Waals surface area contributed by atoms with Crippen LogP contribution >= 0.6 is 0 Å². The van der Waals surface area contributed by atoms with Crippen molar-refractivity contribution < 1.29 is 35.1 Å². The molecule has 24 heavy (non-hydrogen) atoms. The zero-order valence-corrected chi connectivity index (χ0v) is 14.6. The molecule has 0 saturated heterocycles. The highest BCUT2D eigenvalue weighted by Gasteiger charge is 2.05. The SMILES string of the molecule is CC(O)CO.CC(O)CO.CCCCOC(=O)c1ccc(O)cc1. The van der Waals surface area contributed by atoms with Crippen LogP contribution in [-0.2, 0) is 4.74 Å². The van der Waals surface area contributed by atoms with Crippen LogP contribution in [0.3, 0.4) is 0 Å². The summed E-state index contributed by atoms with van der Waals surface area (Å²) in [7, 11) is 0. The summed E-state index contributed by atoms with van der Waals surface area (Å²) < 4.78 is 4.99. The molecule has 0 fully saturated rings. The van der Waals surface area contributed by atoms with Crippen LogP contribution in [-0.4, -0.2) is 63.5 Å². The molecule has 7 nitrogen and oxygen atoms in total. The Morgan fingerprint density at radius 2 is 1.46 bits per heavy atom. The number of rotatable bonds is 6. The molecular formula is C17H30O7. The average Bonchev–Trinajstić information content (AvgIpc) is 2.56. The summed E-state index contributed by atoms with van der Waals surface area (Å²) in [5, 5.41) is 41.0. The van der Waals surface area contributed by atoms with E-state index in [0.29, 0.717) is 12.2 Å². The van der Waals surface area contributed by atoms with E-state index in [1.165, 1.54) is 26.0 Å². The van der Waals surface area contributed by atoms with Gasteiger partial charge in [0, 0.05) is 0 Å². The summed E-state index contributed by atoms with van der Waals surface area (Å²) in [4.78, 5) is 11.3. The van der Waals surface area contributed by atoms with Crippen molar-refractivity contribution in [1.82, 2.24) is 0 Å². The standard InChI is InChI=1S/C11H14O3.2C3H8O2/c1-2-3-8-14-11(13)9-4-6-10(12)7-5-9;2*1-3(5)2-4/h4-7,12H,2-3,8H2,1H3;2*3-5H,2H2,1H3. The molecule has 0 spiro atoms. The second-order valence-corrected chi connectivity index (χ2v) is 5.10. The molecule has 1 rings (SSSR count). The highest BCUT2D eigenvalue weighted by Crippen LogP contribution is 2.10. The fraction of sp³-hybridized carbons (Fsp3) is 0.588. The topological polar surface area (TPSA) is 127 Å². The van der Waals surface area contributed by atoms with Crippen LogP contribution in [0.15, 0.2) is 24.3 Å². The maximum Gasteiger partial charge on any atom is 0.338 e. The van der Waals surface area contributed by atoms with Gasteiger partial charge in [0.1, 0.15) is 5.75 Å². The first kappa shape index (κ1) is 24.6. The first-order valence-corrected chi connectivity index (χ1v) is 7.82. The zero-order valence-electron chi connectivity index (χ0n) is 14.6. The molecule has 0 aliphatic rings. The number of phenols is 1. The molecule has 0 saturated carbocycles. The first-order valence-electron chi connectivity index (χ1n) is 7.82. The third kappa shape index (κ3) is 16.7. The number of benzene rings is 1. The van der Waals surface area contributed by atoms with Gasteiger partial charge in [-0.15, -0.1) is 0 Å². The highest BCUT2D eigenvalue weighted by atomic mass is 16.5. The van der Waals surface area contributed by atoms with Gasteiger partial charge >= 0.3 is 5.97 Å². The smallest absolute Gasteiger partial charge is 0.338 e. The van der Waals surface area contributed by atoms with Crippen molar-refractivity contribution >= 4 is 5.97 Å². The molecule has 0 aliphatic carbocycles. The molecule has 1 aromatic carbocycles. The number of ether oxygens (including phenoxy) is 1. The Labute approximate surface area is 143 Å². The number of unbranched alkanes of at least 4 members (excludes halogenated alkanes) is 1. The van der Waals surface area contributed by atoms with E-state index >= 15 is 0 Å². The molecule has 7 heteroatoms. The lowest BCUT2D eigenvalue weighted by atomic mass is 10.2. The van der Waals surface area contributed by atoms with Gasteiger partial charge in [0.25, 0.3) is 0 Å². The number of carbonyl (C=O) groups is 1. The molecule has 0 aromatic heterocycles. The number of phenolic OH excluding ortho intramolecular Hbond substituents is 1. The molecule has 2 unspecified atom stereocenters. The highest BCUT2D eigenvalue weighted by molar-refractivity contribution is 5.89. The summed E-state index contributed by atoms with van der Waals surface area (Å²) in [5.74, 6) is -0.187. The summed E-state index contributed by atoms with van der Waals surface area (Å²) in [6.07, 6.45) is 0.761. The van der Waals surface area contributed by atoms with Gasteiger partial charge in [-0.1, -0.05) is 13.3 Å². The van der Waals surface area contributed by atoms with Gasteiger partial charge in [-0.05, 0) is 44.5 Å². The van der Waals surface area contributed by atoms with E-state index in [4.69, 9.17) is 30.3 Å². The van der Waals surface area contributed by atoms with Crippen LogP contribution < -0.4 is 0 Å². The first-order chi connectivity index (χ1) is 11.3. The Balaban J connectivity index is 0. The Morgan fingerprint density at radius 1 is 1.04 bits per heavy atom. The zero-order chi connectivity index (χ0) is 19.0. The minimum atomic E-state index is -0.560. The fourth-order valence-electron chi connectivity index (χ4n) is 0.990. The van der Waals surface area contributed by atoms with Gasteiger partial charge in [-0.3, -0.25) is 0 Å². The predicted octanol–water partition coefficient (Wildman–Crippen LogP) is 1.07. The van der Waals surface area contributed by atoms with Gasteiger partial charge in [-0.25, -0.2) is 4.79 Å². The maximum absolute atomic E-state index is 11.3. The van der Waals surface area contributed by atoms with Gasteiger partial charge in [0.2, 0.25) is 0 Å². The van der Waals surface area contributed by atoms with Gasteiger partial charge in [0.15, 0.2) is 0 Å². The van der Waals surface area contributed by atoms with E-state index in [-0.39, 0.29) is 24.9 Å². The second-order valence-electron chi connectivity index (χ2n) is 5.10. The van der Waals surface area contributed by atoms with Crippen LogP contribution in [0.1, 0.15) is 44.0 Å². The van der Waals surface area contributed by atoms with Gasteiger partial charge in [0.05, 0.1) is 37.6 Å². The lowest BCUT2D eigenvalue weighted by Gasteiger charge is -2.03. The molecule has 5 N–H and O–H groups in total. The molecule has 0 aliphatic heterocycles. The molecule has 0 heterocycles. The molecule has 0 bridgehead atoms. The van der Waals surface area contributed by atoms with Crippen molar-refractivity contribution in [3.8, 4) is 5.75 Å². The summed E-state index contributed by atoms with van der Waals surface area (Å²) in [6, 6.07) is 6.03. The maximum atomic E-state index is 11.3. The number of carbonyl (C=O) groups excluding carboxylic acids is 1. The third-order valence-electron chi connectivity index (χ3n) is 2.36. The van der Waals surface area contributed by atoms with E-state index in [0.717, 1.165) is 12.8 Å². The van der Waals surface area contributed by atoms with Crippen molar-refractivity contribution in [1.29, 1.82) is 0 Å². The molecular weight excluding hydrogens is 316 g/mol. The third-order valence-corrected chi connectivity index (χ3v) is 2.36. The number of aliphatic hydroxyl groups excluding tert-OH is 4. The van der Waals surface area contributed by atoms with Crippen molar-refractivity contribution in [3.63, 3.8) is 0 Å². The number of aliphatic hydroxyl groups is 4. The van der Waals surface area contributed by atoms with E-state index in [9.17, 15) is 4.79 Å². The number of esters is 1. The van der Waals surface area contributed by atoms with Crippen LogP contribution in [0.5, 0.6) is 5.75 Å². The second kappa shape index (κ2) is 16.2. The summed E-state index contributed by atoms with van der Waals surface area (Å²) in [6.45, 7) is 5.27. The molecule has 0 radical (unpaired) electrons. The van der Waals surface area contributed by atoms with Crippen LogP contribution in [0, 0.1) is 0 Å². The van der Waals surface area contributed by atoms with Gasteiger partial charge in [-0.2, -0.15) is 0 Å². The van der Waals surface area contributed by atoms with Crippen LogP contribution in [0.2, 0.25) is 0 Å². The van der Waals surface area contributed by atoms with E-state index < -0.39 is 12.2 Å². The largest absolute Gasteiger partial charge is 0.508 e. The van der Waals surface area contributed by atoms with Crippen molar-refractivity contribution in [2.75, 3.05) is 19.8 Å². The Hall–Kier alpha value is -1.67. The number of hydrogen-bond donors (Lipinski definition) is 5. The number of aromatic hydroxyl groups is 1. The van der Waals surface area contributed by atoms with E-state index in [1.54, 1.807) is 12.1 Å². The molecule has 0 amide bonds. The van der Waals surface area contributed by atoms with Crippen molar-refractivity contribution in [2.24, 2.45) is 0 Å². The molecule has 1 aromatic rings. The lowest BCUT2D eigenvalue weighted by Crippen LogP contribution is -2.05. The Morgan fingerprint density at radius 3 is 1.79 bits per heavy atom. The van der Waals surface area contributed by atoms with Gasteiger partial charge < -0.3 is 30.3 Å². The van der Waals surface area contributed by atoms with E-state index in [2.05, 4.69) is 0 Å². The minimum Gasteiger partial charge on any atom is -0.508 e. The average molecular weight is 346 g/mol. The van der Waals surface area contributed by atoms with Crippen molar-refractivity contribution in [3.05, 3.63) is 29.8 Å². The lowest BCUT2D eigenvalue weighted by molar-refractivity contribution is 0.0499. The van der Waals surface area contributed by atoms with Crippen LogP contribution in [0.25, 0.3) is 0 Å². The Kier molecular flexibility index (Phi) is 16.6. The van der Waals surface area contributed by atoms with Crippen molar-refractivity contribution in [2.45, 2.75) is 45.8 Å². The minimum absolute atomic E-state index is 0.139. The quantitative estimate of drug-likeness (QED) is 0.385. The predicted molar refractivity (Wildman–Crippen MR) is 90.8 cm³/mol. The van der Waals surface area contributed by atoms with Crippen LogP contribution in [0.4, 0.5) is 0 Å².